The summed E-state index contributed by atoms with van der Waals surface area (Å²) in [7, 11) is 1.24. The van der Waals surface area contributed by atoms with E-state index in [1.165, 1.54) is 25.3 Å². The van der Waals surface area contributed by atoms with Crippen LogP contribution < -0.4 is 5.73 Å². The molecule has 0 spiro atoms. The van der Waals surface area contributed by atoms with Gasteiger partial charge >= 0.3 is 5.97 Å². The van der Waals surface area contributed by atoms with E-state index in [1.807, 2.05) is 0 Å². The first-order valence-corrected chi connectivity index (χ1v) is 5.98. The Morgan fingerprint density at radius 2 is 2.05 bits per heavy atom. The second kappa shape index (κ2) is 5.27. The highest BCUT2D eigenvalue weighted by atomic mass is 16.5. The highest BCUT2D eigenvalue weighted by molar-refractivity contribution is 5.98. The minimum atomic E-state index is -0.594. The fraction of sp³-hybridized carbons (Fsp3) is 0.385. The Morgan fingerprint density at radius 1 is 1.37 bits per heavy atom. The Bertz CT molecular complexity index is 515. The molecule has 6 heteroatoms. The van der Waals surface area contributed by atoms with Crippen molar-refractivity contribution in [3.8, 4) is 5.75 Å². The van der Waals surface area contributed by atoms with Crippen LogP contribution in [-0.4, -0.2) is 48.1 Å². The van der Waals surface area contributed by atoms with Crippen molar-refractivity contribution in [2.24, 2.45) is 5.73 Å². The lowest BCUT2D eigenvalue weighted by Gasteiger charge is -2.16. The van der Waals surface area contributed by atoms with Crippen molar-refractivity contribution < 1.29 is 19.4 Å². The van der Waals surface area contributed by atoms with E-state index in [-0.39, 0.29) is 28.8 Å². The molecule has 0 aromatic heterocycles. The molecule has 102 valence electrons. The average molecular weight is 264 g/mol. The van der Waals surface area contributed by atoms with Gasteiger partial charge in [-0.05, 0) is 24.6 Å². The predicted octanol–water partition coefficient (Wildman–Crippen LogP) is 0.352. The van der Waals surface area contributed by atoms with E-state index in [0.717, 1.165) is 6.42 Å². The highest BCUT2D eigenvalue weighted by Gasteiger charge is 2.25. The van der Waals surface area contributed by atoms with Crippen LogP contribution in [0.2, 0.25) is 0 Å². The third-order valence-corrected chi connectivity index (χ3v) is 3.10. The smallest absolute Gasteiger partial charge is 0.338 e. The van der Waals surface area contributed by atoms with Crippen molar-refractivity contribution in [2.75, 3.05) is 20.2 Å². The summed E-state index contributed by atoms with van der Waals surface area (Å²) in [5.41, 5.74) is 6.16. The number of methoxy groups -OCH3 is 1. The fourth-order valence-electron chi connectivity index (χ4n) is 2.12. The number of amides is 1. The van der Waals surface area contributed by atoms with Crippen LogP contribution in [0.5, 0.6) is 5.75 Å². The van der Waals surface area contributed by atoms with Crippen LogP contribution in [0.3, 0.4) is 0 Å². The molecule has 0 aliphatic carbocycles. The van der Waals surface area contributed by atoms with E-state index in [1.54, 1.807) is 4.90 Å². The van der Waals surface area contributed by atoms with Crippen LogP contribution in [-0.2, 0) is 4.74 Å². The zero-order valence-electron chi connectivity index (χ0n) is 10.6. The number of carbonyl (C=O) groups excluding carboxylic acids is 2. The van der Waals surface area contributed by atoms with Gasteiger partial charge in [-0.3, -0.25) is 4.79 Å². The van der Waals surface area contributed by atoms with Crippen LogP contribution in [0.4, 0.5) is 0 Å². The summed E-state index contributed by atoms with van der Waals surface area (Å²) in [6.45, 7) is 1.07. The molecule has 0 unspecified atom stereocenters. The zero-order chi connectivity index (χ0) is 14.0. The van der Waals surface area contributed by atoms with Gasteiger partial charge in [0.05, 0.1) is 12.7 Å². The van der Waals surface area contributed by atoms with E-state index in [4.69, 9.17) is 5.73 Å². The lowest BCUT2D eigenvalue weighted by Crippen LogP contribution is -2.32. The molecule has 3 N–H and O–H groups in total. The largest absolute Gasteiger partial charge is 0.508 e. The molecule has 0 saturated carbocycles. The van der Waals surface area contributed by atoms with Gasteiger partial charge in [-0.15, -0.1) is 0 Å². The topological polar surface area (TPSA) is 92.9 Å². The Hall–Kier alpha value is -2.08. The number of carbonyl (C=O) groups is 2. The van der Waals surface area contributed by atoms with Crippen molar-refractivity contribution in [1.29, 1.82) is 0 Å². The van der Waals surface area contributed by atoms with Gasteiger partial charge < -0.3 is 20.5 Å². The number of phenols is 1. The van der Waals surface area contributed by atoms with Crippen LogP contribution in [0.15, 0.2) is 18.2 Å². The van der Waals surface area contributed by atoms with Crippen molar-refractivity contribution in [1.82, 2.24) is 4.90 Å². The number of nitrogens with two attached hydrogens (primary N) is 1. The minimum absolute atomic E-state index is 0.0127. The maximum absolute atomic E-state index is 12.2. The van der Waals surface area contributed by atoms with E-state index in [2.05, 4.69) is 4.74 Å². The van der Waals surface area contributed by atoms with Gasteiger partial charge in [0.25, 0.3) is 5.91 Å². The van der Waals surface area contributed by atoms with Crippen molar-refractivity contribution in [3.63, 3.8) is 0 Å². The van der Waals surface area contributed by atoms with Crippen molar-refractivity contribution >= 4 is 11.9 Å². The van der Waals surface area contributed by atoms with Gasteiger partial charge in [-0.2, -0.15) is 0 Å². The Kier molecular flexibility index (Phi) is 3.71. The third-order valence-electron chi connectivity index (χ3n) is 3.10. The second-order valence-electron chi connectivity index (χ2n) is 4.56. The molecule has 19 heavy (non-hydrogen) atoms. The number of benzene rings is 1. The van der Waals surface area contributed by atoms with Gasteiger partial charge in [0, 0.05) is 24.7 Å². The van der Waals surface area contributed by atoms with Crippen LogP contribution in [0.1, 0.15) is 27.1 Å². The molecule has 1 saturated heterocycles. The first kappa shape index (κ1) is 13.4. The zero-order valence-corrected chi connectivity index (χ0v) is 10.6. The summed E-state index contributed by atoms with van der Waals surface area (Å²) in [6, 6.07) is 4.00. The molecule has 1 aromatic rings. The molecular weight excluding hydrogens is 248 g/mol. The number of hydrogen-bond donors (Lipinski definition) is 2. The first-order chi connectivity index (χ1) is 9.01. The highest BCUT2D eigenvalue weighted by Crippen LogP contribution is 2.19. The van der Waals surface area contributed by atoms with E-state index < -0.39 is 5.97 Å². The quantitative estimate of drug-likeness (QED) is 0.752. The maximum Gasteiger partial charge on any atom is 0.338 e. The molecule has 0 radical (unpaired) electrons. The maximum atomic E-state index is 12.2. The van der Waals surface area contributed by atoms with Gasteiger partial charge in [0.15, 0.2) is 0 Å². The number of phenolic OH excluding ortho intramolecular Hbond substituents is 1. The van der Waals surface area contributed by atoms with Crippen LogP contribution in [0.25, 0.3) is 0 Å². The van der Waals surface area contributed by atoms with Crippen molar-refractivity contribution in [2.45, 2.75) is 12.5 Å². The van der Waals surface area contributed by atoms with Crippen molar-refractivity contribution in [3.05, 3.63) is 29.3 Å². The molecule has 1 aliphatic rings. The van der Waals surface area contributed by atoms with Crippen LogP contribution in [0, 0.1) is 0 Å². The van der Waals surface area contributed by atoms with Gasteiger partial charge in [-0.1, -0.05) is 0 Å². The van der Waals surface area contributed by atoms with E-state index >= 15 is 0 Å². The summed E-state index contributed by atoms with van der Waals surface area (Å²) in [5.74, 6) is -0.980. The minimum Gasteiger partial charge on any atom is -0.508 e. The number of esters is 1. The van der Waals surface area contributed by atoms with Gasteiger partial charge in [-0.25, -0.2) is 4.79 Å². The molecule has 6 nitrogen and oxygen atoms in total. The number of nitrogens with zero attached hydrogens (tertiary/aromatic N) is 1. The normalized spacial score (nSPS) is 18.4. The van der Waals surface area contributed by atoms with E-state index in [9.17, 15) is 14.7 Å². The third kappa shape index (κ3) is 2.85. The predicted molar refractivity (Wildman–Crippen MR) is 67.9 cm³/mol. The molecular formula is C13H16N2O4. The Balaban J connectivity index is 2.26. The standard InChI is InChI=1S/C13H16N2O4/c1-19-13(18)9-4-8(5-11(16)6-9)12(17)15-3-2-10(14)7-15/h4-6,10,16H,2-3,7,14H2,1H3/t10-/m1/s1. The summed E-state index contributed by atoms with van der Waals surface area (Å²) in [4.78, 5) is 25.3. The summed E-state index contributed by atoms with van der Waals surface area (Å²) in [5, 5.41) is 9.58. The number of likely N-dealkylation sites (tertiary alicyclic amines) is 1. The van der Waals surface area contributed by atoms with Gasteiger partial charge in [0.1, 0.15) is 5.75 Å². The average Bonchev–Trinajstić information content (AvgIpc) is 2.82. The number of ether oxygens (including phenoxy) is 1. The summed E-state index contributed by atoms with van der Waals surface area (Å²) >= 11 is 0. The molecule has 1 aliphatic heterocycles. The molecule has 1 amide bonds. The molecule has 0 bridgehead atoms. The summed E-state index contributed by atoms with van der Waals surface area (Å²) in [6.07, 6.45) is 0.758. The number of aromatic hydroxyl groups is 1. The Morgan fingerprint density at radius 3 is 2.63 bits per heavy atom. The molecule has 1 atom stereocenters. The number of hydrogen-bond acceptors (Lipinski definition) is 5. The monoisotopic (exact) mass is 264 g/mol. The Labute approximate surface area is 110 Å². The second-order valence-corrected chi connectivity index (χ2v) is 4.56. The fourth-order valence-corrected chi connectivity index (χ4v) is 2.12. The molecule has 1 fully saturated rings. The van der Waals surface area contributed by atoms with Crippen LogP contribution >= 0.6 is 0 Å². The van der Waals surface area contributed by atoms with Gasteiger partial charge in [0.2, 0.25) is 0 Å². The van der Waals surface area contributed by atoms with E-state index in [0.29, 0.717) is 13.1 Å². The lowest BCUT2D eigenvalue weighted by atomic mass is 10.1. The number of rotatable bonds is 2. The first-order valence-electron chi connectivity index (χ1n) is 5.98. The summed E-state index contributed by atoms with van der Waals surface area (Å²) < 4.78 is 4.57. The molecule has 1 heterocycles. The lowest BCUT2D eigenvalue weighted by molar-refractivity contribution is 0.0600. The SMILES string of the molecule is COC(=O)c1cc(O)cc(C(=O)N2CC[C@@H](N)C2)c1. The molecule has 2 rings (SSSR count). The molecule has 1 aromatic carbocycles.